The van der Waals surface area contributed by atoms with Gasteiger partial charge in [0, 0.05) is 33.4 Å². The maximum Gasteiger partial charge on any atom is 0.257 e. The highest BCUT2D eigenvalue weighted by Gasteiger charge is 2.23. The summed E-state index contributed by atoms with van der Waals surface area (Å²) in [7, 11) is 5.44. The topological polar surface area (TPSA) is 75.4 Å². The van der Waals surface area contributed by atoms with E-state index in [1.54, 1.807) is 36.0 Å². The van der Waals surface area contributed by atoms with E-state index in [1.807, 2.05) is 21.0 Å². The highest BCUT2D eigenvalue weighted by atomic mass is 16.5. The molecular weight excluding hydrogens is 270 g/mol. The number of hydrogen-bond acceptors (Lipinski definition) is 6. The average Bonchev–Trinajstić information content (AvgIpc) is 2.98. The molecule has 0 N–H and O–H groups in total. The number of aryl methyl sites for hydroxylation is 1. The van der Waals surface area contributed by atoms with Crippen molar-refractivity contribution >= 4 is 11.9 Å². The summed E-state index contributed by atoms with van der Waals surface area (Å²) in [5.74, 6) is 0.435. The van der Waals surface area contributed by atoms with E-state index in [0.717, 1.165) is 0 Å². The van der Waals surface area contributed by atoms with Crippen LogP contribution in [0.15, 0.2) is 23.0 Å². The van der Waals surface area contributed by atoms with E-state index in [-0.39, 0.29) is 11.9 Å². The van der Waals surface area contributed by atoms with Crippen molar-refractivity contribution in [3.63, 3.8) is 0 Å². The number of rotatable bonds is 4. The van der Waals surface area contributed by atoms with Gasteiger partial charge >= 0.3 is 0 Å². The molecule has 1 amide bonds. The molecule has 0 saturated heterocycles. The van der Waals surface area contributed by atoms with Crippen LogP contribution in [-0.2, 0) is 0 Å². The molecule has 1 unspecified atom stereocenters. The first-order valence-electron chi connectivity index (χ1n) is 6.60. The van der Waals surface area contributed by atoms with Gasteiger partial charge in [0.2, 0.25) is 5.95 Å². The summed E-state index contributed by atoms with van der Waals surface area (Å²) < 4.78 is 4.82. The molecule has 0 radical (unpaired) electrons. The maximum absolute atomic E-state index is 12.6. The van der Waals surface area contributed by atoms with E-state index in [1.165, 1.54) is 6.26 Å². The minimum absolute atomic E-state index is 0.145. The van der Waals surface area contributed by atoms with Gasteiger partial charge in [0.05, 0.1) is 17.3 Å². The van der Waals surface area contributed by atoms with Crippen LogP contribution in [0.1, 0.15) is 34.7 Å². The second kappa shape index (κ2) is 5.90. The molecule has 0 spiro atoms. The fourth-order valence-corrected chi connectivity index (χ4v) is 1.88. The molecule has 0 bridgehead atoms. The van der Waals surface area contributed by atoms with Crippen molar-refractivity contribution in [3.8, 4) is 0 Å². The molecule has 2 rings (SSSR count). The van der Waals surface area contributed by atoms with E-state index in [0.29, 0.717) is 22.9 Å². The second-order valence-corrected chi connectivity index (χ2v) is 5.08. The van der Waals surface area contributed by atoms with Crippen molar-refractivity contribution in [2.24, 2.45) is 0 Å². The Morgan fingerprint density at radius 3 is 2.57 bits per heavy atom. The smallest absolute Gasteiger partial charge is 0.257 e. The molecule has 21 heavy (non-hydrogen) atoms. The third-order valence-corrected chi connectivity index (χ3v) is 3.38. The van der Waals surface area contributed by atoms with Crippen molar-refractivity contribution in [3.05, 3.63) is 35.5 Å². The Hall–Kier alpha value is -2.44. The Balaban J connectivity index is 2.23. The molecule has 0 aliphatic heterocycles. The van der Waals surface area contributed by atoms with Crippen molar-refractivity contribution in [2.45, 2.75) is 19.9 Å². The van der Waals surface area contributed by atoms with Crippen LogP contribution < -0.4 is 4.90 Å². The number of aromatic nitrogens is 3. The number of carbonyl (C=O) groups excluding carboxylic acids is 1. The number of anilines is 1. The highest BCUT2D eigenvalue weighted by Crippen LogP contribution is 2.20. The van der Waals surface area contributed by atoms with Gasteiger partial charge in [-0.3, -0.25) is 4.79 Å². The molecule has 2 heterocycles. The van der Waals surface area contributed by atoms with Gasteiger partial charge < -0.3 is 14.3 Å². The number of hydrogen-bond donors (Lipinski definition) is 0. The molecule has 7 heteroatoms. The number of nitrogens with zero attached hydrogens (tertiary/aromatic N) is 5. The average molecular weight is 289 g/mol. The quantitative estimate of drug-likeness (QED) is 0.852. The largest absolute Gasteiger partial charge is 0.364 e. The van der Waals surface area contributed by atoms with Crippen molar-refractivity contribution < 1.29 is 9.32 Å². The summed E-state index contributed by atoms with van der Waals surface area (Å²) in [4.78, 5) is 24.5. The summed E-state index contributed by atoms with van der Waals surface area (Å²) in [5.41, 5.74) is 1.84. The van der Waals surface area contributed by atoms with E-state index in [2.05, 4.69) is 15.1 Å². The van der Waals surface area contributed by atoms with Gasteiger partial charge in [-0.25, -0.2) is 9.97 Å². The Kier molecular flexibility index (Phi) is 4.21. The SMILES string of the molecule is Cc1nc(N(C)C)ncc1C(=O)N(C)C(C)c1ccon1. The van der Waals surface area contributed by atoms with Gasteiger partial charge in [0.25, 0.3) is 5.91 Å². The molecule has 0 aliphatic rings. The van der Waals surface area contributed by atoms with Gasteiger partial charge in [0.15, 0.2) is 0 Å². The lowest BCUT2D eigenvalue weighted by Gasteiger charge is -2.23. The van der Waals surface area contributed by atoms with E-state index >= 15 is 0 Å². The summed E-state index contributed by atoms with van der Waals surface area (Å²) in [6, 6.07) is 1.55. The summed E-state index contributed by atoms with van der Waals surface area (Å²) in [5, 5.41) is 3.87. The van der Waals surface area contributed by atoms with E-state index < -0.39 is 0 Å². The summed E-state index contributed by atoms with van der Waals surface area (Å²) in [6.45, 7) is 3.69. The molecular formula is C14H19N5O2. The standard InChI is InChI=1S/C14H19N5O2/c1-9-11(8-15-14(16-9)18(3)4)13(20)19(5)10(2)12-6-7-21-17-12/h6-8,10H,1-5H3. The fourth-order valence-electron chi connectivity index (χ4n) is 1.88. The molecule has 7 nitrogen and oxygen atoms in total. The molecule has 112 valence electrons. The molecule has 2 aromatic rings. The highest BCUT2D eigenvalue weighted by molar-refractivity contribution is 5.95. The van der Waals surface area contributed by atoms with Crippen molar-refractivity contribution in [1.82, 2.24) is 20.0 Å². The third-order valence-electron chi connectivity index (χ3n) is 3.38. The minimum atomic E-state index is -0.191. The van der Waals surface area contributed by atoms with Crippen molar-refractivity contribution in [2.75, 3.05) is 26.0 Å². The van der Waals surface area contributed by atoms with Gasteiger partial charge in [-0.2, -0.15) is 0 Å². The van der Waals surface area contributed by atoms with Gasteiger partial charge in [-0.15, -0.1) is 0 Å². The van der Waals surface area contributed by atoms with Crippen LogP contribution in [0, 0.1) is 6.92 Å². The maximum atomic E-state index is 12.6. The van der Waals surface area contributed by atoms with Crippen molar-refractivity contribution in [1.29, 1.82) is 0 Å². The zero-order valence-electron chi connectivity index (χ0n) is 12.9. The van der Waals surface area contributed by atoms with Gasteiger partial charge in [0.1, 0.15) is 12.0 Å². The second-order valence-electron chi connectivity index (χ2n) is 5.08. The number of amides is 1. The minimum Gasteiger partial charge on any atom is -0.364 e. The van der Waals surface area contributed by atoms with Crippen LogP contribution in [-0.4, -0.2) is 47.1 Å². The molecule has 0 aromatic carbocycles. The van der Waals surface area contributed by atoms with Crippen LogP contribution in [0.5, 0.6) is 0 Å². The molecule has 0 fully saturated rings. The van der Waals surface area contributed by atoms with E-state index in [4.69, 9.17) is 4.52 Å². The first-order valence-corrected chi connectivity index (χ1v) is 6.60. The molecule has 0 saturated carbocycles. The zero-order valence-corrected chi connectivity index (χ0v) is 12.9. The van der Waals surface area contributed by atoms with Crippen LogP contribution in [0.3, 0.4) is 0 Å². The molecule has 0 aliphatic carbocycles. The summed E-state index contributed by atoms with van der Waals surface area (Å²) >= 11 is 0. The van der Waals surface area contributed by atoms with Crippen LogP contribution in [0.4, 0.5) is 5.95 Å². The predicted octanol–water partition coefficient (Wildman–Crippen LogP) is 1.67. The van der Waals surface area contributed by atoms with Crippen LogP contribution >= 0.6 is 0 Å². The number of carbonyl (C=O) groups is 1. The van der Waals surface area contributed by atoms with Gasteiger partial charge in [-0.05, 0) is 13.8 Å². The lowest BCUT2D eigenvalue weighted by atomic mass is 10.1. The Labute approximate surface area is 123 Å². The third kappa shape index (κ3) is 3.01. The lowest BCUT2D eigenvalue weighted by molar-refractivity contribution is 0.0736. The molecule has 2 aromatic heterocycles. The molecule has 1 atom stereocenters. The first kappa shape index (κ1) is 15.0. The Bertz CT molecular complexity index is 624. The fraction of sp³-hybridized carbons (Fsp3) is 0.429. The Morgan fingerprint density at radius 2 is 2.05 bits per heavy atom. The van der Waals surface area contributed by atoms with Crippen LogP contribution in [0.2, 0.25) is 0 Å². The Morgan fingerprint density at radius 1 is 1.33 bits per heavy atom. The normalized spacial score (nSPS) is 12.0. The predicted molar refractivity (Wildman–Crippen MR) is 78.1 cm³/mol. The zero-order chi connectivity index (χ0) is 15.6. The van der Waals surface area contributed by atoms with E-state index in [9.17, 15) is 4.79 Å². The van der Waals surface area contributed by atoms with Crippen LogP contribution in [0.25, 0.3) is 0 Å². The first-order chi connectivity index (χ1) is 9.91. The van der Waals surface area contributed by atoms with Gasteiger partial charge in [-0.1, -0.05) is 5.16 Å². The monoisotopic (exact) mass is 289 g/mol. The summed E-state index contributed by atoms with van der Waals surface area (Å²) in [6.07, 6.45) is 3.05. The lowest BCUT2D eigenvalue weighted by Crippen LogP contribution is -2.31.